The standard InChI is InChI=1S/C34H40FNO5/c1-19(33(37)38)30(21-8-9-21)22-10-7-20-11-16-28(41-29(20)17-22)27-15-13-24(25-18-23(39-5)12-14-26(25)35)31(36-27)32(40-6)34(2,3)4/h7,10,12-15,17-19,21,28,30,32H,8-9,11,16H2,1-6H3,(H,37,38)/t19-,28?,30?,32?/m0/s1. The number of fused-ring (bicyclic) bond motifs is 1. The highest BCUT2D eigenvalue weighted by molar-refractivity contribution is 5.71. The Morgan fingerprint density at radius 3 is 2.44 bits per heavy atom. The largest absolute Gasteiger partial charge is 0.497 e. The molecule has 2 aliphatic rings. The normalized spacial score (nSPS) is 19.0. The van der Waals surface area contributed by atoms with Crippen LogP contribution in [0.5, 0.6) is 11.5 Å². The van der Waals surface area contributed by atoms with Gasteiger partial charge in [-0.1, -0.05) is 45.9 Å². The lowest BCUT2D eigenvalue weighted by Crippen LogP contribution is -2.24. The van der Waals surface area contributed by atoms with Crippen molar-refractivity contribution in [3.05, 3.63) is 76.9 Å². The first-order valence-corrected chi connectivity index (χ1v) is 14.4. The lowest BCUT2D eigenvalue weighted by molar-refractivity contribution is -0.142. The fourth-order valence-electron chi connectivity index (χ4n) is 6.19. The van der Waals surface area contributed by atoms with E-state index < -0.39 is 18.0 Å². The molecule has 0 spiro atoms. The number of benzene rings is 2. The molecule has 41 heavy (non-hydrogen) atoms. The number of hydrogen-bond donors (Lipinski definition) is 1. The third kappa shape index (κ3) is 5.96. The van der Waals surface area contributed by atoms with Crippen molar-refractivity contribution in [2.45, 2.75) is 71.5 Å². The molecule has 0 amide bonds. The average molecular weight is 562 g/mol. The SMILES string of the molecule is COc1ccc(F)c(-c2ccc(C3CCc4ccc(C(C5CC5)[C@H](C)C(=O)O)cc4O3)nc2C(OC)C(C)(C)C)c1. The van der Waals surface area contributed by atoms with E-state index in [1.54, 1.807) is 33.3 Å². The molecule has 1 N–H and O–H groups in total. The molecule has 1 fully saturated rings. The second kappa shape index (κ2) is 11.4. The van der Waals surface area contributed by atoms with Crippen LogP contribution in [0.2, 0.25) is 0 Å². The number of aromatic nitrogens is 1. The molecule has 1 aliphatic heterocycles. The quantitative estimate of drug-likeness (QED) is 0.286. The molecule has 0 radical (unpaired) electrons. The van der Waals surface area contributed by atoms with Crippen molar-refractivity contribution >= 4 is 5.97 Å². The Bertz CT molecular complexity index is 1430. The minimum Gasteiger partial charge on any atom is -0.497 e. The molecule has 3 unspecified atom stereocenters. The van der Waals surface area contributed by atoms with Crippen LogP contribution in [0.4, 0.5) is 4.39 Å². The van der Waals surface area contributed by atoms with Crippen LogP contribution >= 0.6 is 0 Å². The summed E-state index contributed by atoms with van der Waals surface area (Å²) in [6.07, 6.45) is 2.99. The summed E-state index contributed by atoms with van der Waals surface area (Å²) in [5.41, 5.74) is 4.29. The van der Waals surface area contributed by atoms with Crippen LogP contribution in [0, 0.1) is 23.1 Å². The number of rotatable bonds is 9. The molecule has 0 saturated heterocycles. The molecular weight excluding hydrogens is 521 g/mol. The predicted octanol–water partition coefficient (Wildman–Crippen LogP) is 7.91. The second-order valence-corrected chi connectivity index (χ2v) is 12.5. The summed E-state index contributed by atoms with van der Waals surface area (Å²) < 4.78 is 33.0. The molecule has 6 nitrogen and oxygen atoms in total. The molecular formula is C34H40FNO5. The summed E-state index contributed by atoms with van der Waals surface area (Å²) in [6.45, 7) is 8.02. The summed E-state index contributed by atoms with van der Waals surface area (Å²) in [7, 11) is 3.21. The predicted molar refractivity (Wildman–Crippen MR) is 156 cm³/mol. The van der Waals surface area contributed by atoms with Gasteiger partial charge in [0.25, 0.3) is 0 Å². The van der Waals surface area contributed by atoms with E-state index in [0.29, 0.717) is 28.5 Å². The van der Waals surface area contributed by atoms with Gasteiger partial charge >= 0.3 is 5.97 Å². The molecule has 5 rings (SSSR count). The van der Waals surface area contributed by atoms with Crippen molar-refractivity contribution in [1.82, 2.24) is 4.98 Å². The zero-order valence-electron chi connectivity index (χ0n) is 24.7. The van der Waals surface area contributed by atoms with Gasteiger partial charge in [0.1, 0.15) is 29.5 Å². The summed E-state index contributed by atoms with van der Waals surface area (Å²) >= 11 is 0. The molecule has 4 atom stereocenters. The second-order valence-electron chi connectivity index (χ2n) is 12.5. The van der Waals surface area contributed by atoms with Crippen LogP contribution in [0.15, 0.2) is 48.5 Å². The number of carboxylic acid groups (broad SMARTS) is 1. The van der Waals surface area contributed by atoms with E-state index in [4.69, 9.17) is 19.2 Å². The van der Waals surface area contributed by atoms with Crippen LogP contribution in [-0.4, -0.2) is 30.3 Å². The molecule has 3 aromatic rings. The highest BCUT2D eigenvalue weighted by Gasteiger charge is 2.39. The van der Waals surface area contributed by atoms with Crippen LogP contribution in [0.25, 0.3) is 11.1 Å². The fourth-order valence-corrected chi connectivity index (χ4v) is 6.19. The van der Waals surface area contributed by atoms with Gasteiger partial charge in [0.05, 0.1) is 24.4 Å². The number of aryl methyl sites for hydroxylation is 1. The van der Waals surface area contributed by atoms with Crippen molar-refractivity contribution in [3.8, 4) is 22.6 Å². The van der Waals surface area contributed by atoms with Crippen molar-refractivity contribution < 1.29 is 28.5 Å². The number of halogens is 1. The number of aliphatic carboxylic acids is 1. The van der Waals surface area contributed by atoms with Gasteiger partial charge in [-0.3, -0.25) is 9.78 Å². The number of carboxylic acids is 1. The number of nitrogens with zero attached hydrogens (tertiary/aromatic N) is 1. The van der Waals surface area contributed by atoms with E-state index in [2.05, 4.69) is 32.9 Å². The van der Waals surface area contributed by atoms with Gasteiger partial charge < -0.3 is 19.3 Å². The van der Waals surface area contributed by atoms with E-state index in [0.717, 1.165) is 48.3 Å². The Hall–Kier alpha value is -3.45. The fraction of sp³-hybridized carbons (Fsp3) is 0.471. The smallest absolute Gasteiger partial charge is 0.306 e. The van der Waals surface area contributed by atoms with E-state index >= 15 is 4.39 Å². The Morgan fingerprint density at radius 1 is 1.05 bits per heavy atom. The lowest BCUT2D eigenvalue weighted by Gasteiger charge is -2.32. The number of ether oxygens (including phenoxy) is 3. The molecule has 1 aromatic heterocycles. The maximum Gasteiger partial charge on any atom is 0.306 e. The van der Waals surface area contributed by atoms with E-state index in [9.17, 15) is 9.90 Å². The van der Waals surface area contributed by atoms with Crippen LogP contribution < -0.4 is 9.47 Å². The summed E-state index contributed by atoms with van der Waals surface area (Å²) in [5.74, 6) is 0.125. The first kappa shape index (κ1) is 29.1. The summed E-state index contributed by atoms with van der Waals surface area (Å²) in [5, 5.41) is 9.74. The Kier molecular flexibility index (Phi) is 8.11. The average Bonchev–Trinajstić information content (AvgIpc) is 3.78. The molecule has 0 bridgehead atoms. The van der Waals surface area contributed by atoms with Gasteiger partial charge in [0.15, 0.2) is 0 Å². The first-order valence-electron chi connectivity index (χ1n) is 14.4. The third-order valence-corrected chi connectivity index (χ3v) is 8.49. The van der Waals surface area contributed by atoms with Crippen molar-refractivity contribution in [3.63, 3.8) is 0 Å². The van der Waals surface area contributed by atoms with Crippen LogP contribution in [-0.2, 0) is 16.0 Å². The molecule has 1 aliphatic carbocycles. The highest BCUT2D eigenvalue weighted by atomic mass is 19.1. The Labute approximate surface area is 241 Å². The number of hydrogen-bond acceptors (Lipinski definition) is 5. The Morgan fingerprint density at radius 2 is 1.80 bits per heavy atom. The highest BCUT2D eigenvalue weighted by Crippen LogP contribution is 2.48. The van der Waals surface area contributed by atoms with Gasteiger partial charge in [-0.05, 0) is 84.4 Å². The maximum atomic E-state index is 15.1. The molecule has 2 aromatic carbocycles. The number of carbonyl (C=O) groups is 1. The molecule has 1 saturated carbocycles. The van der Waals surface area contributed by atoms with Gasteiger partial charge in [0, 0.05) is 18.2 Å². The minimum absolute atomic E-state index is 0.0298. The van der Waals surface area contributed by atoms with E-state index in [1.165, 1.54) is 6.07 Å². The van der Waals surface area contributed by atoms with Gasteiger partial charge in [0.2, 0.25) is 0 Å². The van der Waals surface area contributed by atoms with Crippen LogP contribution in [0.3, 0.4) is 0 Å². The summed E-state index contributed by atoms with van der Waals surface area (Å²) in [4.78, 5) is 17.0. The minimum atomic E-state index is -0.769. The third-order valence-electron chi connectivity index (χ3n) is 8.49. The van der Waals surface area contributed by atoms with Crippen LogP contribution in [0.1, 0.15) is 87.6 Å². The zero-order valence-corrected chi connectivity index (χ0v) is 24.7. The number of pyridine rings is 1. The van der Waals surface area contributed by atoms with E-state index in [1.807, 2.05) is 18.2 Å². The number of methoxy groups -OCH3 is 2. The first-order chi connectivity index (χ1) is 19.5. The topological polar surface area (TPSA) is 77.9 Å². The molecule has 7 heteroatoms. The summed E-state index contributed by atoms with van der Waals surface area (Å²) in [6, 6.07) is 14.7. The zero-order chi connectivity index (χ0) is 29.5. The molecule has 2 heterocycles. The molecule has 218 valence electrons. The van der Waals surface area contributed by atoms with Crippen molar-refractivity contribution in [2.24, 2.45) is 17.3 Å². The van der Waals surface area contributed by atoms with Crippen molar-refractivity contribution in [2.75, 3.05) is 14.2 Å². The lowest BCUT2D eigenvalue weighted by atomic mass is 9.82. The Balaban J connectivity index is 1.52. The van der Waals surface area contributed by atoms with Gasteiger partial charge in [-0.15, -0.1) is 0 Å². The van der Waals surface area contributed by atoms with Gasteiger partial charge in [-0.2, -0.15) is 0 Å². The maximum absolute atomic E-state index is 15.1. The monoisotopic (exact) mass is 561 g/mol. The van der Waals surface area contributed by atoms with E-state index in [-0.39, 0.29) is 23.3 Å². The van der Waals surface area contributed by atoms with Crippen molar-refractivity contribution in [1.29, 1.82) is 0 Å². The van der Waals surface area contributed by atoms with Gasteiger partial charge in [-0.25, -0.2) is 4.39 Å².